The molecule has 2 N–H and O–H groups in total. The maximum absolute atomic E-state index is 12.8. The van der Waals surface area contributed by atoms with E-state index in [1.165, 1.54) is 23.4 Å². The smallest absolute Gasteiger partial charge is 0.332 e. The number of aryl methyl sites for hydroxylation is 1. The minimum atomic E-state index is -0.921. The third kappa shape index (κ3) is 3.68. The molecular weight excluding hydrogens is 392 g/mol. The van der Waals surface area contributed by atoms with Gasteiger partial charge in [-0.2, -0.15) is 0 Å². The highest BCUT2D eigenvalue weighted by molar-refractivity contribution is 7.99. The average Bonchev–Trinajstić information content (AvgIpc) is 3.03. The van der Waals surface area contributed by atoms with Gasteiger partial charge >= 0.3 is 5.69 Å². The van der Waals surface area contributed by atoms with E-state index < -0.39 is 17.4 Å². The summed E-state index contributed by atoms with van der Waals surface area (Å²) in [5, 5.41) is 19.7. The predicted molar refractivity (Wildman–Crippen MR) is 105 cm³/mol. The molecule has 0 amide bonds. The van der Waals surface area contributed by atoms with Gasteiger partial charge in [-0.3, -0.25) is 13.9 Å². The van der Waals surface area contributed by atoms with Crippen molar-refractivity contribution in [2.45, 2.75) is 17.8 Å². The maximum atomic E-state index is 12.8. The van der Waals surface area contributed by atoms with E-state index in [2.05, 4.69) is 4.98 Å². The first-order valence-electron chi connectivity index (χ1n) is 8.16. The quantitative estimate of drug-likeness (QED) is 0.576. The first-order valence-corrected chi connectivity index (χ1v) is 9.52. The second-order valence-electron chi connectivity index (χ2n) is 6.10. The highest BCUT2D eigenvalue weighted by Crippen LogP contribution is 2.25. The number of fused-ring (bicyclic) bond motifs is 1. The van der Waals surface area contributed by atoms with Gasteiger partial charge in [0, 0.05) is 24.9 Å². The Bertz CT molecular complexity index is 1100. The summed E-state index contributed by atoms with van der Waals surface area (Å²) in [6.07, 6.45) is -0.921. The van der Waals surface area contributed by atoms with Crippen LogP contribution >= 0.6 is 23.4 Å². The molecule has 1 aromatic carbocycles. The van der Waals surface area contributed by atoms with Crippen LogP contribution in [0.3, 0.4) is 0 Å². The Morgan fingerprint density at radius 3 is 2.59 bits per heavy atom. The molecule has 0 spiro atoms. The lowest BCUT2D eigenvalue weighted by molar-refractivity contribution is 0.113. The average molecular weight is 411 g/mol. The zero-order valence-corrected chi connectivity index (χ0v) is 16.4. The molecule has 0 saturated carbocycles. The fourth-order valence-electron chi connectivity index (χ4n) is 2.70. The van der Waals surface area contributed by atoms with Crippen molar-refractivity contribution >= 4 is 34.5 Å². The van der Waals surface area contributed by atoms with Crippen molar-refractivity contribution in [2.24, 2.45) is 14.1 Å². The minimum Gasteiger partial charge on any atom is -0.394 e. The summed E-state index contributed by atoms with van der Waals surface area (Å²) in [4.78, 5) is 29.4. The number of benzene rings is 1. The zero-order chi connectivity index (χ0) is 19.7. The lowest BCUT2D eigenvalue weighted by atomic mass is 10.2. The number of halogens is 1. The lowest BCUT2D eigenvalue weighted by Crippen LogP contribution is -2.37. The van der Waals surface area contributed by atoms with E-state index in [0.29, 0.717) is 10.2 Å². The number of imidazole rings is 1. The number of aliphatic hydroxyl groups excluding tert-OH is 2. The molecule has 27 heavy (non-hydrogen) atoms. The van der Waals surface area contributed by atoms with Crippen LogP contribution in [-0.4, -0.2) is 47.4 Å². The number of hydrogen-bond acceptors (Lipinski definition) is 6. The van der Waals surface area contributed by atoms with Crippen LogP contribution in [0.25, 0.3) is 11.2 Å². The Balaban J connectivity index is 2.22. The normalized spacial score (nSPS) is 12.6. The van der Waals surface area contributed by atoms with Crippen molar-refractivity contribution in [1.29, 1.82) is 0 Å². The van der Waals surface area contributed by atoms with Crippen molar-refractivity contribution in [2.75, 3.05) is 12.4 Å². The summed E-state index contributed by atoms with van der Waals surface area (Å²) in [6.45, 7) is -0.0981. The lowest BCUT2D eigenvalue weighted by Gasteiger charge is -2.11. The van der Waals surface area contributed by atoms with Gasteiger partial charge < -0.3 is 14.8 Å². The van der Waals surface area contributed by atoms with Gasteiger partial charge in [-0.25, -0.2) is 9.78 Å². The predicted octanol–water partition coefficient (Wildman–Crippen LogP) is 0.581. The third-order valence-corrected chi connectivity index (χ3v) is 5.70. The van der Waals surface area contributed by atoms with Gasteiger partial charge in [0.05, 0.1) is 19.3 Å². The van der Waals surface area contributed by atoms with Crippen molar-refractivity contribution in [3.8, 4) is 0 Å². The molecule has 1 atom stereocenters. The van der Waals surface area contributed by atoms with E-state index in [9.17, 15) is 14.7 Å². The number of aliphatic hydroxyl groups is 2. The molecule has 3 aromatic rings. The van der Waals surface area contributed by atoms with Crippen LogP contribution in [0.1, 0.15) is 5.56 Å². The highest BCUT2D eigenvalue weighted by atomic mass is 35.5. The number of rotatable bonds is 6. The summed E-state index contributed by atoms with van der Waals surface area (Å²) in [6, 6.07) is 7.26. The summed E-state index contributed by atoms with van der Waals surface area (Å²) in [7, 11) is 2.97. The molecule has 0 fully saturated rings. The van der Waals surface area contributed by atoms with Crippen molar-refractivity contribution in [3.05, 3.63) is 55.7 Å². The Hall–Kier alpha value is -2.07. The molecule has 3 rings (SSSR count). The Morgan fingerprint density at radius 2 is 1.93 bits per heavy atom. The van der Waals surface area contributed by atoms with Crippen LogP contribution in [0, 0.1) is 0 Å². The molecule has 0 aliphatic rings. The molecule has 8 nitrogen and oxygen atoms in total. The van der Waals surface area contributed by atoms with Gasteiger partial charge in [-0.15, -0.1) is 0 Å². The number of nitrogens with zero attached hydrogens (tertiary/aromatic N) is 4. The second-order valence-corrected chi connectivity index (χ2v) is 7.49. The van der Waals surface area contributed by atoms with Crippen LogP contribution in [0.15, 0.2) is 39.0 Å². The van der Waals surface area contributed by atoms with Gasteiger partial charge in [0.2, 0.25) is 0 Å². The van der Waals surface area contributed by atoms with Crippen molar-refractivity contribution in [3.63, 3.8) is 0 Å². The molecule has 0 saturated heterocycles. The highest BCUT2D eigenvalue weighted by Gasteiger charge is 2.20. The maximum Gasteiger partial charge on any atom is 0.332 e. The molecule has 0 aliphatic heterocycles. The minimum absolute atomic E-state index is 0.191. The van der Waals surface area contributed by atoms with E-state index >= 15 is 0 Å². The van der Waals surface area contributed by atoms with Crippen molar-refractivity contribution < 1.29 is 10.2 Å². The standard InChI is InChI=1S/C17H19ClN4O4S/c1-20-14-13(15(25)21(2)17(20)26)22(7-10-5-3-4-6-12(10)18)16(19-14)27-9-11(24)8-23/h3-6,11,23-24H,7-9H2,1-2H3. The first-order chi connectivity index (χ1) is 12.8. The van der Waals surface area contributed by atoms with Crippen LogP contribution in [0.4, 0.5) is 0 Å². The van der Waals surface area contributed by atoms with Gasteiger partial charge in [0.15, 0.2) is 16.3 Å². The Kier molecular flexibility index (Phi) is 5.75. The fourth-order valence-corrected chi connectivity index (χ4v) is 3.81. The topological polar surface area (TPSA) is 102 Å². The van der Waals surface area contributed by atoms with E-state index in [4.69, 9.17) is 16.7 Å². The largest absolute Gasteiger partial charge is 0.394 e. The van der Waals surface area contributed by atoms with Crippen LogP contribution in [-0.2, 0) is 20.6 Å². The van der Waals surface area contributed by atoms with E-state index in [-0.39, 0.29) is 30.1 Å². The Labute approximate surface area is 163 Å². The Morgan fingerprint density at radius 1 is 1.22 bits per heavy atom. The molecule has 0 aliphatic carbocycles. The van der Waals surface area contributed by atoms with Gasteiger partial charge in [-0.1, -0.05) is 41.6 Å². The van der Waals surface area contributed by atoms with Gasteiger partial charge in [0.1, 0.15) is 0 Å². The number of aromatic nitrogens is 4. The number of thioether (sulfide) groups is 1. The van der Waals surface area contributed by atoms with E-state index in [1.807, 2.05) is 18.2 Å². The van der Waals surface area contributed by atoms with E-state index in [0.717, 1.165) is 10.1 Å². The van der Waals surface area contributed by atoms with Gasteiger partial charge in [-0.05, 0) is 11.6 Å². The SMILES string of the molecule is Cn1c(=O)c2c(nc(SCC(O)CO)n2Cc2ccccc2Cl)n(C)c1=O. The van der Waals surface area contributed by atoms with Crippen LogP contribution < -0.4 is 11.2 Å². The summed E-state index contributed by atoms with van der Waals surface area (Å²) >= 11 is 7.46. The third-order valence-electron chi connectivity index (χ3n) is 4.21. The van der Waals surface area contributed by atoms with Crippen molar-refractivity contribution in [1.82, 2.24) is 18.7 Å². The molecule has 2 heterocycles. The summed E-state index contributed by atoms with van der Waals surface area (Å²) in [5.74, 6) is 0.191. The van der Waals surface area contributed by atoms with Crippen LogP contribution in [0.5, 0.6) is 0 Å². The van der Waals surface area contributed by atoms with Crippen LogP contribution in [0.2, 0.25) is 5.02 Å². The first kappa shape index (κ1) is 19.7. The molecule has 2 aromatic heterocycles. The number of hydrogen-bond donors (Lipinski definition) is 2. The molecule has 144 valence electrons. The van der Waals surface area contributed by atoms with Gasteiger partial charge in [0.25, 0.3) is 5.56 Å². The summed E-state index contributed by atoms with van der Waals surface area (Å²) in [5.41, 5.74) is 0.402. The molecule has 0 radical (unpaired) electrons. The molecular formula is C17H19ClN4O4S. The molecule has 0 bridgehead atoms. The van der Waals surface area contributed by atoms with E-state index in [1.54, 1.807) is 17.7 Å². The molecule has 1 unspecified atom stereocenters. The monoisotopic (exact) mass is 410 g/mol. The second kappa shape index (κ2) is 7.89. The summed E-state index contributed by atoms with van der Waals surface area (Å²) < 4.78 is 4.03. The fraction of sp³-hybridized carbons (Fsp3) is 0.353. The zero-order valence-electron chi connectivity index (χ0n) is 14.8. The molecule has 10 heteroatoms.